The molecule has 2 aromatic rings. The average molecular weight is 407 g/mol. The molecule has 0 atom stereocenters. The zero-order chi connectivity index (χ0) is 20.1. The van der Waals surface area contributed by atoms with E-state index in [1.165, 1.54) is 12.1 Å². The van der Waals surface area contributed by atoms with E-state index >= 15 is 0 Å². The van der Waals surface area contributed by atoms with Gasteiger partial charge in [-0.2, -0.15) is 0 Å². The number of carbonyl (C=O) groups is 2. The second-order valence-electron chi connectivity index (χ2n) is 5.79. The monoisotopic (exact) mass is 406 g/mol. The maximum Gasteiger partial charge on any atom is 0.310 e. The first-order chi connectivity index (χ1) is 13.4. The Labute approximate surface area is 164 Å². The van der Waals surface area contributed by atoms with Gasteiger partial charge < -0.3 is 19.5 Å². The summed E-state index contributed by atoms with van der Waals surface area (Å²) in [6, 6.07) is 8.92. The zero-order valence-electron chi connectivity index (χ0n) is 14.5. The molecule has 146 valence electrons. The minimum absolute atomic E-state index is 0.0453. The van der Waals surface area contributed by atoms with E-state index in [2.05, 4.69) is 5.32 Å². The van der Waals surface area contributed by atoms with E-state index in [1.807, 2.05) is 0 Å². The number of nitrogens with zero attached hydrogens (tertiary/aromatic N) is 1. The van der Waals surface area contributed by atoms with Gasteiger partial charge in [0.25, 0.3) is 11.6 Å². The molecule has 0 unspecified atom stereocenters. The quantitative estimate of drug-likeness (QED) is 0.445. The third kappa shape index (κ3) is 4.89. The zero-order valence-corrected chi connectivity index (χ0v) is 15.2. The summed E-state index contributed by atoms with van der Waals surface area (Å²) in [5.74, 6) is -0.0699. The molecule has 0 radical (unpaired) electrons. The van der Waals surface area contributed by atoms with Crippen molar-refractivity contribution < 1.29 is 28.7 Å². The van der Waals surface area contributed by atoms with Crippen molar-refractivity contribution in [2.75, 3.05) is 25.1 Å². The van der Waals surface area contributed by atoms with Crippen molar-refractivity contribution in [1.82, 2.24) is 0 Å². The Kier molecular flexibility index (Phi) is 5.95. The van der Waals surface area contributed by atoms with Gasteiger partial charge in [-0.15, -0.1) is 0 Å². The molecule has 1 heterocycles. The minimum Gasteiger partial charge on any atom is -0.486 e. The van der Waals surface area contributed by atoms with Crippen LogP contribution in [0.3, 0.4) is 0 Å². The molecule has 3 rings (SSSR count). The third-order valence-electron chi connectivity index (χ3n) is 3.75. The fraction of sp³-hybridized carbons (Fsp3) is 0.222. The van der Waals surface area contributed by atoms with Gasteiger partial charge in [-0.25, -0.2) is 0 Å². The van der Waals surface area contributed by atoms with Crippen molar-refractivity contribution in [1.29, 1.82) is 0 Å². The van der Waals surface area contributed by atoms with E-state index in [-0.39, 0.29) is 22.8 Å². The average Bonchev–Trinajstić information content (AvgIpc) is 2.67. The van der Waals surface area contributed by atoms with Gasteiger partial charge in [0.15, 0.2) is 18.1 Å². The number of esters is 1. The molecule has 2 aromatic carbocycles. The van der Waals surface area contributed by atoms with E-state index in [9.17, 15) is 19.7 Å². The molecule has 9 nitrogen and oxygen atoms in total. The number of fused-ring (bicyclic) bond motifs is 1. The number of hydrogen-bond acceptors (Lipinski definition) is 7. The number of rotatable bonds is 6. The second kappa shape index (κ2) is 8.57. The van der Waals surface area contributed by atoms with Crippen molar-refractivity contribution >= 4 is 34.9 Å². The van der Waals surface area contributed by atoms with Crippen LogP contribution in [0.1, 0.15) is 5.56 Å². The number of anilines is 1. The molecular formula is C18H15ClN2O7. The number of hydrogen-bond donors (Lipinski definition) is 1. The van der Waals surface area contributed by atoms with Gasteiger partial charge >= 0.3 is 5.97 Å². The van der Waals surface area contributed by atoms with Gasteiger partial charge in [0.1, 0.15) is 18.2 Å². The van der Waals surface area contributed by atoms with E-state index in [0.717, 1.165) is 6.07 Å². The molecule has 0 saturated heterocycles. The van der Waals surface area contributed by atoms with Crippen LogP contribution >= 0.6 is 11.6 Å². The standard InChI is InChI=1S/C18H15ClN2O7/c19-13-3-2-12(9-14(13)21(24)25)20-17(22)10-28-18(23)8-11-1-4-15-16(7-11)27-6-5-26-15/h1-4,7,9H,5-6,8,10H2,(H,20,22). The van der Waals surface area contributed by atoms with Gasteiger partial charge in [-0.05, 0) is 29.8 Å². The summed E-state index contributed by atoms with van der Waals surface area (Å²) in [6.45, 7) is 0.379. The Balaban J connectivity index is 1.51. The summed E-state index contributed by atoms with van der Waals surface area (Å²) in [4.78, 5) is 34.0. The van der Waals surface area contributed by atoms with Crippen LogP contribution in [0.5, 0.6) is 11.5 Å². The van der Waals surface area contributed by atoms with Crippen molar-refractivity contribution in [3.05, 3.63) is 57.1 Å². The highest BCUT2D eigenvalue weighted by Gasteiger charge is 2.16. The van der Waals surface area contributed by atoms with E-state index in [4.69, 9.17) is 25.8 Å². The maximum atomic E-state index is 11.9. The Morgan fingerprint density at radius 2 is 1.89 bits per heavy atom. The van der Waals surface area contributed by atoms with E-state index in [1.54, 1.807) is 18.2 Å². The topological polar surface area (TPSA) is 117 Å². The Hall–Kier alpha value is -3.33. The maximum absolute atomic E-state index is 11.9. The number of halogens is 1. The van der Waals surface area contributed by atoms with Gasteiger partial charge in [0.05, 0.1) is 11.3 Å². The van der Waals surface area contributed by atoms with E-state index in [0.29, 0.717) is 30.3 Å². The van der Waals surface area contributed by atoms with Gasteiger partial charge in [-0.3, -0.25) is 19.7 Å². The predicted molar refractivity (Wildman–Crippen MR) is 98.8 cm³/mol. The minimum atomic E-state index is -0.661. The molecule has 1 N–H and O–H groups in total. The molecule has 10 heteroatoms. The fourth-order valence-corrected chi connectivity index (χ4v) is 2.68. The van der Waals surface area contributed by atoms with Crippen molar-refractivity contribution in [2.24, 2.45) is 0 Å². The smallest absolute Gasteiger partial charge is 0.310 e. The third-order valence-corrected chi connectivity index (χ3v) is 4.07. The largest absolute Gasteiger partial charge is 0.486 e. The number of amides is 1. The lowest BCUT2D eigenvalue weighted by atomic mass is 10.1. The summed E-state index contributed by atoms with van der Waals surface area (Å²) < 4.78 is 15.8. The van der Waals surface area contributed by atoms with Gasteiger partial charge in [0, 0.05) is 11.8 Å². The molecule has 0 aromatic heterocycles. The Morgan fingerprint density at radius 1 is 1.14 bits per heavy atom. The normalized spacial score (nSPS) is 12.2. The highest BCUT2D eigenvalue weighted by Crippen LogP contribution is 2.31. The number of nitro groups is 1. The fourth-order valence-electron chi connectivity index (χ4n) is 2.49. The lowest BCUT2D eigenvalue weighted by Gasteiger charge is -2.18. The number of ether oxygens (including phenoxy) is 3. The van der Waals surface area contributed by atoms with Crippen LogP contribution in [0.25, 0.3) is 0 Å². The summed E-state index contributed by atoms with van der Waals surface area (Å²) in [5.41, 5.74) is 0.488. The van der Waals surface area contributed by atoms with Crippen molar-refractivity contribution in [2.45, 2.75) is 6.42 Å². The van der Waals surface area contributed by atoms with E-state index < -0.39 is 23.4 Å². The molecular weight excluding hydrogens is 392 g/mol. The lowest BCUT2D eigenvalue weighted by molar-refractivity contribution is -0.384. The van der Waals surface area contributed by atoms with Crippen LogP contribution in [-0.4, -0.2) is 36.6 Å². The Morgan fingerprint density at radius 3 is 2.64 bits per heavy atom. The van der Waals surface area contributed by atoms with Crippen LogP contribution in [0.4, 0.5) is 11.4 Å². The Bertz CT molecular complexity index is 932. The molecule has 0 aliphatic carbocycles. The molecule has 1 amide bonds. The number of benzene rings is 2. The van der Waals surface area contributed by atoms with Crippen LogP contribution in [-0.2, 0) is 20.7 Å². The SMILES string of the molecule is O=C(COC(=O)Cc1ccc2c(c1)OCCO2)Nc1ccc(Cl)c([N+](=O)[O-])c1. The molecule has 0 fully saturated rings. The molecule has 1 aliphatic rings. The molecule has 1 aliphatic heterocycles. The van der Waals surface area contributed by atoms with Crippen LogP contribution in [0, 0.1) is 10.1 Å². The van der Waals surface area contributed by atoms with Crippen LogP contribution in [0.15, 0.2) is 36.4 Å². The molecule has 28 heavy (non-hydrogen) atoms. The first kappa shape index (κ1) is 19.4. The number of nitrogens with one attached hydrogen (secondary N) is 1. The number of carbonyl (C=O) groups excluding carboxylic acids is 2. The first-order valence-corrected chi connectivity index (χ1v) is 8.58. The van der Waals surface area contributed by atoms with Crippen LogP contribution in [0.2, 0.25) is 5.02 Å². The highest BCUT2D eigenvalue weighted by molar-refractivity contribution is 6.32. The highest BCUT2D eigenvalue weighted by atomic mass is 35.5. The van der Waals surface area contributed by atoms with Gasteiger partial charge in [-0.1, -0.05) is 17.7 Å². The van der Waals surface area contributed by atoms with Crippen LogP contribution < -0.4 is 14.8 Å². The molecule has 0 bridgehead atoms. The summed E-state index contributed by atoms with van der Waals surface area (Å²) in [6.07, 6.45) is -0.0453. The predicted octanol–water partition coefficient (Wildman–Crippen LogP) is 2.74. The van der Waals surface area contributed by atoms with Crippen molar-refractivity contribution in [3.8, 4) is 11.5 Å². The molecule has 0 spiro atoms. The summed E-state index contributed by atoms with van der Waals surface area (Å²) in [5, 5.41) is 13.2. The number of nitro benzene ring substituents is 1. The van der Waals surface area contributed by atoms with Crippen molar-refractivity contribution in [3.63, 3.8) is 0 Å². The lowest BCUT2D eigenvalue weighted by Crippen LogP contribution is -2.21. The van der Waals surface area contributed by atoms with Gasteiger partial charge in [0.2, 0.25) is 0 Å². The second-order valence-corrected chi connectivity index (χ2v) is 6.19. The first-order valence-electron chi connectivity index (χ1n) is 8.20. The summed E-state index contributed by atoms with van der Waals surface area (Å²) >= 11 is 5.71. The molecule has 0 saturated carbocycles. The summed E-state index contributed by atoms with van der Waals surface area (Å²) in [7, 11) is 0.